The minimum Gasteiger partial charge on any atom is -0.462 e. The topological polar surface area (TPSA) is 160 Å². The fourth-order valence-electron chi connectivity index (χ4n) is 9.28. The van der Waals surface area contributed by atoms with Gasteiger partial charge in [-0.15, -0.1) is 0 Å². The Balaban J connectivity index is 1.59. The summed E-state index contributed by atoms with van der Waals surface area (Å²) in [6.07, 6.45) is 0.567. The number of carbonyl (C=O) groups excluding carboxylic acids is 3. The lowest BCUT2D eigenvalue weighted by molar-refractivity contribution is -0.318. The molecule has 0 radical (unpaired) electrons. The van der Waals surface area contributed by atoms with Gasteiger partial charge in [-0.1, -0.05) is 6.92 Å². The summed E-state index contributed by atoms with van der Waals surface area (Å²) in [7, 11) is 0. The van der Waals surface area contributed by atoms with Gasteiger partial charge in [0, 0.05) is 44.1 Å². The largest absolute Gasteiger partial charge is 0.462 e. The minimum absolute atomic E-state index is 0.0170. The molecule has 206 valence electrons. The second-order valence-corrected chi connectivity index (χ2v) is 12.2. The van der Waals surface area contributed by atoms with Crippen molar-refractivity contribution in [2.75, 3.05) is 13.2 Å². The second kappa shape index (κ2) is 8.76. The first-order chi connectivity index (χ1) is 17.3. The molecule has 5 aliphatic rings. The summed E-state index contributed by atoms with van der Waals surface area (Å²) < 4.78 is 16.4. The molecule has 10 nitrogen and oxygen atoms in total. The lowest BCUT2D eigenvalue weighted by Gasteiger charge is -2.68. The van der Waals surface area contributed by atoms with E-state index < -0.39 is 76.7 Å². The fourth-order valence-corrected chi connectivity index (χ4v) is 9.28. The number of rotatable bonds is 4. The van der Waals surface area contributed by atoms with Crippen LogP contribution in [0.5, 0.6) is 0 Å². The van der Waals surface area contributed by atoms with Crippen LogP contribution in [-0.2, 0) is 28.6 Å². The Morgan fingerprint density at radius 2 is 1.81 bits per heavy atom. The van der Waals surface area contributed by atoms with Crippen LogP contribution in [-0.4, -0.2) is 81.1 Å². The average Bonchev–Trinajstić information content (AvgIpc) is 3.32. The van der Waals surface area contributed by atoms with Gasteiger partial charge in [0.05, 0.1) is 29.3 Å². The van der Waals surface area contributed by atoms with Gasteiger partial charge in [0.15, 0.2) is 0 Å². The molecule has 5 rings (SSSR count). The van der Waals surface area contributed by atoms with E-state index in [9.17, 15) is 34.8 Å². The Hall–Kier alpha value is -2.01. The number of aliphatic hydroxyl groups is 4. The summed E-state index contributed by atoms with van der Waals surface area (Å²) in [5.74, 6) is -2.86. The molecule has 1 aliphatic heterocycles. The van der Waals surface area contributed by atoms with Crippen molar-refractivity contribution in [3.63, 3.8) is 0 Å². The lowest BCUT2D eigenvalue weighted by Crippen LogP contribution is -2.76. The maximum absolute atomic E-state index is 12.4. The second-order valence-electron chi connectivity index (χ2n) is 12.2. The van der Waals surface area contributed by atoms with Crippen molar-refractivity contribution in [2.45, 2.75) is 95.2 Å². The van der Waals surface area contributed by atoms with E-state index in [1.54, 1.807) is 0 Å². The molecule has 1 heterocycles. The van der Waals surface area contributed by atoms with E-state index in [0.29, 0.717) is 19.3 Å². The Labute approximate surface area is 216 Å². The monoisotopic (exact) mass is 522 g/mol. The van der Waals surface area contributed by atoms with Crippen LogP contribution in [0.4, 0.5) is 0 Å². The molecule has 0 aromatic heterocycles. The Morgan fingerprint density at radius 1 is 1.11 bits per heavy atom. The summed E-state index contributed by atoms with van der Waals surface area (Å²) in [6, 6.07) is 0. The van der Waals surface area contributed by atoms with Crippen LogP contribution in [0.15, 0.2) is 11.6 Å². The normalized spacial score (nSPS) is 48.7. The van der Waals surface area contributed by atoms with Crippen LogP contribution >= 0.6 is 0 Å². The van der Waals surface area contributed by atoms with Gasteiger partial charge in [0.2, 0.25) is 0 Å². The third-order valence-corrected chi connectivity index (χ3v) is 10.7. The number of fused-ring (bicyclic) bond motifs is 5. The zero-order valence-electron chi connectivity index (χ0n) is 21.6. The molecular weight excluding hydrogens is 484 g/mol. The SMILES string of the molecule is CC(=O)OC1CC(O)C2(CO)C3C(OC(C)=O)CC4(C)C(C5=CC(=O)OC5)CCC4(O)C3CCC2(O)C1. The molecule has 10 heteroatoms. The van der Waals surface area contributed by atoms with Gasteiger partial charge in [0.1, 0.15) is 18.8 Å². The van der Waals surface area contributed by atoms with E-state index in [1.807, 2.05) is 6.92 Å². The molecule has 4 aliphatic carbocycles. The first-order valence-electron chi connectivity index (χ1n) is 13.3. The van der Waals surface area contributed by atoms with Crippen molar-refractivity contribution in [1.82, 2.24) is 0 Å². The van der Waals surface area contributed by atoms with Gasteiger partial charge in [-0.05, 0) is 49.5 Å². The van der Waals surface area contributed by atoms with Crippen molar-refractivity contribution < 1.29 is 49.0 Å². The molecule has 4 N–H and O–H groups in total. The zero-order chi connectivity index (χ0) is 27.0. The highest BCUT2D eigenvalue weighted by atomic mass is 16.6. The maximum atomic E-state index is 12.4. The number of hydrogen-bond acceptors (Lipinski definition) is 10. The molecule has 4 saturated carbocycles. The molecule has 37 heavy (non-hydrogen) atoms. The fraction of sp³-hybridized carbons (Fsp3) is 0.815. The predicted molar refractivity (Wildman–Crippen MR) is 126 cm³/mol. The first-order valence-corrected chi connectivity index (χ1v) is 13.3. The molecular formula is C27H38O10. The van der Waals surface area contributed by atoms with Gasteiger partial charge in [0.25, 0.3) is 0 Å². The number of aliphatic hydroxyl groups excluding tert-OH is 2. The smallest absolute Gasteiger partial charge is 0.331 e. The molecule has 10 unspecified atom stereocenters. The van der Waals surface area contributed by atoms with Crippen molar-refractivity contribution in [3.05, 3.63) is 11.6 Å². The highest BCUT2D eigenvalue weighted by Gasteiger charge is 2.76. The van der Waals surface area contributed by atoms with Gasteiger partial charge in [-0.2, -0.15) is 0 Å². The Bertz CT molecular complexity index is 1020. The van der Waals surface area contributed by atoms with Crippen LogP contribution < -0.4 is 0 Å². The zero-order valence-corrected chi connectivity index (χ0v) is 21.6. The van der Waals surface area contributed by atoms with Crippen molar-refractivity contribution in [3.8, 4) is 0 Å². The summed E-state index contributed by atoms with van der Waals surface area (Å²) >= 11 is 0. The number of carbonyl (C=O) groups is 3. The Kier molecular flexibility index (Phi) is 6.29. The van der Waals surface area contributed by atoms with Crippen molar-refractivity contribution >= 4 is 17.9 Å². The molecule has 0 saturated heterocycles. The molecule has 0 aromatic carbocycles. The van der Waals surface area contributed by atoms with E-state index in [4.69, 9.17) is 14.2 Å². The van der Waals surface area contributed by atoms with Crippen LogP contribution in [0.1, 0.15) is 65.7 Å². The van der Waals surface area contributed by atoms with E-state index in [-0.39, 0.29) is 38.2 Å². The highest BCUT2D eigenvalue weighted by Crippen LogP contribution is 2.71. The van der Waals surface area contributed by atoms with Gasteiger partial charge >= 0.3 is 17.9 Å². The molecule has 10 atom stereocenters. The number of ether oxygens (including phenoxy) is 3. The van der Waals surface area contributed by atoms with Crippen LogP contribution in [0.3, 0.4) is 0 Å². The lowest BCUT2D eigenvalue weighted by atomic mass is 9.40. The van der Waals surface area contributed by atoms with Crippen molar-refractivity contribution in [2.24, 2.45) is 28.6 Å². The van der Waals surface area contributed by atoms with Crippen molar-refractivity contribution in [1.29, 1.82) is 0 Å². The number of cyclic esters (lactones) is 1. The summed E-state index contributed by atoms with van der Waals surface area (Å²) in [4.78, 5) is 35.8. The molecule has 0 amide bonds. The third kappa shape index (κ3) is 3.62. The predicted octanol–water partition coefficient (Wildman–Crippen LogP) is 0.775. The van der Waals surface area contributed by atoms with Gasteiger partial charge < -0.3 is 34.6 Å². The average molecular weight is 523 g/mol. The number of hydrogen-bond donors (Lipinski definition) is 4. The van der Waals surface area contributed by atoms with Crippen LogP contribution in [0.2, 0.25) is 0 Å². The van der Waals surface area contributed by atoms with E-state index in [1.165, 1.54) is 19.9 Å². The van der Waals surface area contributed by atoms with Gasteiger partial charge in [-0.25, -0.2) is 4.79 Å². The third-order valence-electron chi connectivity index (χ3n) is 10.7. The summed E-state index contributed by atoms with van der Waals surface area (Å²) in [5.41, 5.74) is -4.29. The van der Waals surface area contributed by atoms with E-state index in [0.717, 1.165) is 5.57 Å². The maximum Gasteiger partial charge on any atom is 0.331 e. The molecule has 4 fully saturated rings. The highest BCUT2D eigenvalue weighted by molar-refractivity contribution is 5.85. The minimum atomic E-state index is -1.60. The van der Waals surface area contributed by atoms with Gasteiger partial charge in [-0.3, -0.25) is 9.59 Å². The van der Waals surface area contributed by atoms with E-state index in [2.05, 4.69) is 0 Å². The summed E-state index contributed by atoms with van der Waals surface area (Å²) in [5, 5.41) is 46.9. The Morgan fingerprint density at radius 3 is 2.41 bits per heavy atom. The quantitative estimate of drug-likeness (QED) is 0.307. The standard InChI is InChI=1S/C27H38O10/c1-14(29)36-17-9-21(31)26(13-28)23-19(4-6-25(26,33)10-17)27(34)7-5-18(16-8-22(32)35-12-16)24(27,3)11-20(23)37-15(2)30/h8,17-21,23,28,31,33-34H,4-7,9-13H2,1-3H3. The number of esters is 3. The first kappa shape index (κ1) is 26.6. The van der Waals surface area contributed by atoms with Crippen LogP contribution in [0, 0.1) is 28.6 Å². The summed E-state index contributed by atoms with van der Waals surface area (Å²) in [6.45, 7) is 4.11. The van der Waals surface area contributed by atoms with Crippen LogP contribution in [0.25, 0.3) is 0 Å². The molecule has 0 spiro atoms. The molecule has 0 bridgehead atoms. The van der Waals surface area contributed by atoms with E-state index >= 15 is 0 Å². The molecule has 0 aromatic rings.